The van der Waals surface area contributed by atoms with Gasteiger partial charge in [0.15, 0.2) is 0 Å². The number of amides is 3. The third-order valence-electron chi connectivity index (χ3n) is 3.52. The van der Waals surface area contributed by atoms with E-state index in [4.69, 9.17) is 0 Å². The number of nitrogens with zero attached hydrogens (tertiary/aromatic N) is 1. The van der Waals surface area contributed by atoms with E-state index in [1.54, 1.807) is 29.5 Å². The summed E-state index contributed by atoms with van der Waals surface area (Å²) in [5.41, 5.74) is 2.11. The highest BCUT2D eigenvalue weighted by atomic mass is 32.1. The van der Waals surface area contributed by atoms with Crippen LogP contribution in [0.5, 0.6) is 0 Å². The minimum atomic E-state index is -0.304. The number of nitrogens with one attached hydrogen (secondary N) is 3. The van der Waals surface area contributed by atoms with Gasteiger partial charge in [-0.3, -0.25) is 14.4 Å². The van der Waals surface area contributed by atoms with Crippen LogP contribution in [0.1, 0.15) is 52.7 Å². The van der Waals surface area contributed by atoms with Crippen LogP contribution in [-0.2, 0) is 9.59 Å². The molecule has 7 nitrogen and oxygen atoms in total. The lowest BCUT2D eigenvalue weighted by Crippen LogP contribution is -2.27. The maximum Gasteiger partial charge on any atom is 0.251 e. The Balaban J connectivity index is 2.27. The van der Waals surface area contributed by atoms with E-state index in [0.717, 1.165) is 15.6 Å². The van der Waals surface area contributed by atoms with Crippen molar-refractivity contribution in [3.63, 3.8) is 0 Å². The van der Waals surface area contributed by atoms with E-state index in [9.17, 15) is 14.4 Å². The molecule has 3 amide bonds. The normalized spacial score (nSPS) is 11.6. The molecular formula is C18H22N4O3S. The minimum Gasteiger partial charge on any atom is -0.345 e. The largest absolute Gasteiger partial charge is 0.345 e. The zero-order valence-electron chi connectivity index (χ0n) is 15.4. The number of carbonyl (C=O) groups excluding carboxylic acids is 3. The van der Waals surface area contributed by atoms with Crippen molar-refractivity contribution in [2.75, 3.05) is 10.6 Å². The minimum absolute atomic E-state index is 0.206. The van der Waals surface area contributed by atoms with Gasteiger partial charge in [-0.2, -0.15) is 0 Å². The summed E-state index contributed by atoms with van der Waals surface area (Å²) in [6.45, 7) is 8.48. The molecule has 1 aromatic carbocycles. The van der Waals surface area contributed by atoms with Crippen LogP contribution in [0.15, 0.2) is 18.2 Å². The van der Waals surface area contributed by atoms with Crippen LogP contribution < -0.4 is 16.0 Å². The molecule has 1 aromatic heterocycles. The predicted molar refractivity (Wildman–Crippen MR) is 103 cm³/mol. The number of carbonyl (C=O) groups is 3. The van der Waals surface area contributed by atoms with Gasteiger partial charge in [-0.15, -0.1) is 11.3 Å². The molecule has 0 aliphatic heterocycles. The molecule has 0 spiro atoms. The van der Waals surface area contributed by atoms with Crippen molar-refractivity contribution in [1.82, 2.24) is 10.3 Å². The summed E-state index contributed by atoms with van der Waals surface area (Å²) in [5, 5.41) is 9.14. The number of hydrogen-bond donors (Lipinski definition) is 3. The van der Waals surface area contributed by atoms with Crippen LogP contribution in [0, 0.1) is 13.8 Å². The number of anilines is 2. The molecule has 1 atom stereocenters. The lowest BCUT2D eigenvalue weighted by atomic mass is 10.1. The molecule has 0 aliphatic rings. The summed E-state index contributed by atoms with van der Waals surface area (Å²) in [6.07, 6.45) is 0. The molecule has 8 heteroatoms. The quantitative estimate of drug-likeness (QED) is 0.748. The van der Waals surface area contributed by atoms with E-state index in [1.807, 2.05) is 20.8 Å². The molecule has 0 aliphatic carbocycles. The van der Waals surface area contributed by atoms with Crippen molar-refractivity contribution in [3.8, 4) is 0 Å². The highest BCUT2D eigenvalue weighted by Gasteiger charge is 2.17. The van der Waals surface area contributed by atoms with Gasteiger partial charge in [-0.05, 0) is 39.0 Å². The van der Waals surface area contributed by atoms with Gasteiger partial charge in [0.2, 0.25) is 11.8 Å². The molecule has 0 fully saturated rings. The van der Waals surface area contributed by atoms with Crippen molar-refractivity contribution in [3.05, 3.63) is 39.3 Å². The number of aryl methyl sites for hydroxylation is 2. The third-order valence-corrected chi connectivity index (χ3v) is 4.77. The fraction of sp³-hybridized carbons (Fsp3) is 0.333. The SMILES string of the molecule is CC(=O)Nc1cc(NC(C)=O)cc(C(=O)NC(C)c2sc(C)nc2C)c1. The predicted octanol–water partition coefficient (Wildman–Crippen LogP) is 3.17. The fourth-order valence-electron chi connectivity index (χ4n) is 2.60. The summed E-state index contributed by atoms with van der Waals surface area (Å²) in [5.74, 6) is -0.831. The number of benzene rings is 1. The molecule has 0 saturated heterocycles. The van der Waals surface area contributed by atoms with Gasteiger partial charge in [0.25, 0.3) is 5.91 Å². The van der Waals surface area contributed by atoms with Crippen molar-refractivity contribution in [1.29, 1.82) is 0 Å². The van der Waals surface area contributed by atoms with E-state index in [-0.39, 0.29) is 23.8 Å². The van der Waals surface area contributed by atoms with Crippen LogP contribution in [0.25, 0.3) is 0 Å². The molecule has 0 saturated carbocycles. The first-order chi connectivity index (χ1) is 12.2. The number of rotatable bonds is 5. The first kappa shape index (κ1) is 19.6. The molecule has 0 bridgehead atoms. The van der Waals surface area contributed by atoms with Crippen molar-refractivity contribution in [2.45, 2.75) is 40.7 Å². The Kier molecular flexibility index (Phi) is 6.10. The Labute approximate surface area is 156 Å². The van der Waals surface area contributed by atoms with Crippen LogP contribution in [-0.4, -0.2) is 22.7 Å². The van der Waals surface area contributed by atoms with Gasteiger partial charge in [0, 0.05) is 35.7 Å². The van der Waals surface area contributed by atoms with Crippen molar-refractivity contribution >= 4 is 40.4 Å². The Morgan fingerprint density at radius 2 is 1.54 bits per heavy atom. The Morgan fingerprint density at radius 3 is 1.96 bits per heavy atom. The lowest BCUT2D eigenvalue weighted by Gasteiger charge is -2.15. The van der Waals surface area contributed by atoms with Gasteiger partial charge in [0.1, 0.15) is 0 Å². The topological polar surface area (TPSA) is 100 Å². The van der Waals surface area contributed by atoms with Crippen LogP contribution in [0.2, 0.25) is 0 Å². The van der Waals surface area contributed by atoms with E-state index in [2.05, 4.69) is 20.9 Å². The average Bonchev–Trinajstić information content (AvgIpc) is 2.84. The summed E-state index contributed by atoms with van der Waals surface area (Å²) >= 11 is 1.54. The number of aromatic nitrogens is 1. The molecule has 2 aromatic rings. The summed E-state index contributed by atoms with van der Waals surface area (Å²) in [7, 11) is 0. The first-order valence-corrected chi connectivity index (χ1v) is 8.92. The van der Waals surface area contributed by atoms with Gasteiger partial charge in [-0.1, -0.05) is 0 Å². The molecule has 26 heavy (non-hydrogen) atoms. The van der Waals surface area contributed by atoms with E-state index < -0.39 is 0 Å². The van der Waals surface area contributed by atoms with E-state index >= 15 is 0 Å². The molecular weight excluding hydrogens is 352 g/mol. The summed E-state index contributed by atoms with van der Waals surface area (Å²) in [6, 6.07) is 4.53. The second-order valence-electron chi connectivity index (χ2n) is 6.04. The molecule has 0 radical (unpaired) electrons. The van der Waals surface area contributed by atoms with Crippen molar-refractivity contribution in [2.24, 2.45) is 0 Å². The van der Waals surface area contributed by atoms with Gasteiger partial charge in [0.05, 0.1) is 16.7 Å². The maximum absolute atomic E-state index is 12.7. The Hall–Kier alpha value is -2.74. The molecule has 2 rings (SSSR count). The monoisotopic (exact) mass is 374 g/mol. The average molecular weight is 374 g/mol. The molecule has 1 unspecified atom stereocenters. The van der Waals surface area contributed by atoms with Gasteiger partial charge in [-0.25, -0.2) is 4.98 Å². The van der Waals surface area contributed by atoms with Gasteiger partial charge < -0.3 is 16.0 Å². The Bertz CT molecular complexity index is 826. The van der Waals surface area contributed by atoms with Gasteiger partial charge >= 0.3 is 0 Å². The maximum atomic E-state index is 12.7. The highest BCUT2D eigenvalue weighted by Crippen LogP contribution is 2.25. The van der Waals surface area contributed by atoms with Crippen LogP contribution in [0.3, 0.4) is 0 Å². The molecule has 138 valence electrons. The second kappa shape index (κ2) is 8.09. The summed E-state index contributed by atoms with van der Waals surface area (Å²) < 4.78 is 0. The highest BCUT2D eigenvalue weighted by molar-refractivity contribution is 7.11. The standard InChI is InChI=1S/C18H22N4O3S/c1-9-17(26-13(5)19-9)10(2)20-18(25)14-6-15(21-11(3)23)8-16(7-14)22-12(4)24/h6-8,10H,1-5H3,(H,20,25)(H,21,23)(H,22,24). The van der Waals surface area contributed by atoms with E-state index in [1.165, 1.54) is 13.8 Å². The smallest absolute Gasteiger partial charge is 0.251 e. The lowest BCUT2D eigenvalue weighted by molar-refractivity contribution is -0.115. The number of thiazole rings is 1. The van der Waals surface area contributed by atoms with Crippen LogP contribution >= 0.6 is 11.3 Å². The number of hydrogen-bond acceptors (Lipinski definition) is 5. The fourth-order valence-corrected chi connectivity index (χ4v) is 3.53. The second-order valence-corrected chi connectivity index (χ2v) is 7.27. The van der Waals surface area contributed by atoms with Crippen molar-refractivity contribution < 1.29 is 14.4 Å². The van der Waals surface area contributed by atoms with E-state index in [0.29, 0.717) is 16.9 Å². The molecule has 1 heterocycles. The summed E-state index contributed by atoms with van der Waals surface area (Å²) in [4.78, 5) is 40.7. The first-order valence-electron chi connectivity index (χ1n) is 8.10. The zero-order valence-corrected chi connectivity index (χ0v) is 16.2. The molecule has 3 N–H and O–H groups in total. The Morgan fingerprint density at radius 1 is 1.00 bits per heavy atom. The third kappa shape index (κ3) is 5.13. The zero-order chi connectivity index (χ0) is 19.4. The van der Waals surface area contributed by atoms with Crippen LogP contribution in [0.4, 0.5) is 11.4 Å².